The molecule has 0 bridgehead atoms. The highest BCUT2D eigenvalue weighted by Crippen LogP contribution is 2.37. The van der Waals surface area contributed by atoms with E-state index in [1.54, 1.807) is 6.07 Å². The summed E-state index contributed by atoms with van der Waals surface area (Å²) in [5.41, 5.74) is 2.67. The fraction of sp³-hybridized carbons (Fsp3) is 0.359. The molecule has 0 atom stereocenters. The number of nitrogens with one attached hydrogen (secondary N) is 1. The fourth-order valence-corrected chi connectivity index (χ4v) is 5.81. The molecule has 264 valence electrons. The van der Waals surface area contributed by atoms with Gasteiger partial charge in [0.05, 0.1) is 29.7 Å². The second-order valence-corrected chi connectivity index (χ2v) is 12.4. The number of halogens is 5. The van der Waals surface area contributed by atoms with Crippen molar-refractivity contribution in [3.63, 3.8) is 0 Å². The molecule has 0 radical (unpaired) electrons. The number of benzene rings is 4. The van der Waals surface area contributed by atoms with E-state index in [0.29, 0.717) is 50.6 Å². The molecule has 0 fully saturated rings. The van der Waals surface area contributed by atoms with Crippen LogP contribution in [0.25, 0.3) is 0 Å². The molecule has 0 aliphatic carbocycles. The number of amides is 1. The van der Waals surface area contributed by atoms with Crippen LogP contribution in [0.2, 0.25) is 5.02 Å². The van der Waals surface area contributed by atoms with Crippen molar-refractivity contribution in [2.24, 2.45) is 0 Å². The van der Waals surface area contributed by atoms with Crippen molar-refractivity contribution in [1.29, 1.82) is 0 Å². The molecule has 5 nitrogen and oxygen atoms in total. The van der Waals surface area contributed by atoms with Crippen molar-refractivity contribution in [1.82, 2.24) is 10.2 Å². The Morgan fingerprint density at radius 1 is 0.857 bits per heavy atom. The smallest absolute Gasteiger partial charge is 0.417 e. The summed E-state index contributed by atoms with van der Waals surface area (Å²) in [4.78, 5) is 14.6. The van der Waals surface area contributed by atoms with Gasteiger partial charge in [0.1, 0.15) is 5.75 Å². The summed E-state index contributed by atoms with van der Waals surface area (Å²) < 4.78 is 52.7. The maximum absolute atomic E-state index is 13.7. The topological polar surface area (TPSA) is 50.8 Å². The minimum Gasteiger partial charge on any atom is -0.494 e. The lowest BCUT2D eigenvalue weighted by atomic mass is 9.90. The van der Waals surface area contributed by atoms with Crippen LogP contribution in [0.1, 0.15) is 60.4 Å². The number of hydrogen-bond donors (Lipinski definition) is 1. The van der Waals surface area contributed by atoms with Crippen molar-refractivity contribution < 1.29 is 27.4 Å². The van der Waals surface area contributed by atoms with E-state index in [1.807, 2.05) is 74.5 Å². The summed E-state index contributed by atoms with van der Waals surface area (Å²) in [5.74, 6) is 0.583. The summed E-state index contributed by atoms with van der Waals surface area (Å²) in [5, 5.41) is 2.66. The lowest BCUT2D eigenvalue weighted by Crippen LogP contribution is -2.31. The third kappa shape index (κ3) is 13.3. The number of hydrogen-bond acceptors (Lipinski definition) is 4. The van der Waals surface area contributed by atoms with E-state index in [-0.39, 0.29) is 48.3 Å². The first kappa shape index (κ1) is 39.9. The quantitative estimate of drug-likeness (QED) is 0.104. The van der Waals surface area contributed by atoms with Gasteiger partial charge in [0.15, 0.2) is 0 Å². The molecule has 0 aromatic heterocycles. The van der Waals surface area contributed by atoms with Gasteiger partial charge in [-0.1, -0.05) is 96.5 Å². The summed E-state index contributed by atoms with van der Waals surface area (Å²) in [6, 6.07) is 31.8. The van der Waals surface area contributed by atoms with Crippen LogP contribution in [0.5, 0.6) is 5.75 Å². The molecule has 0 unspecified atom stereocenters. The Labute approximate surface area is 299 Å². The molecular formula is C39H45Cl2F3N2O3. The highest BCUT2D eigenvalue weighted by atomic mass is 35.5. The Morgan fingerprint density at radius 2 is 1.51 bits per heavy atom. The van der Waals surface area contributed by atoms with Gasteiger partial charge in [0, 0.05) is 38.7 Å². The molecule has 0 saturated carbocycles. The van der Waals surface area contributed by atoms with E-state index < -0.39 is 11.7 Å². The first-order chi connectivity index (χ1) is 23.1. The average molecular weight is 718 g/mol. The van der Waals surface area contributed by atoms with Crippen LogP contribution in [-0.4, -0.2) is 49.8 Å². The molecule has 0 aliphatic heterocycles. The van der Waals surface area contributed by atoms with Gasteiger partial charge in [-0.05, 0) is 67.1 Å². The zero-order valence-electron chi connectivity index (χ0n) is 27.9. The number of carbonyl (C=O) groups excluding carboxylic acids is 1. The maximum Gasteiger partial charge on any atom is 0.417 e. The first-order valence-corrected chi connectivity index (χ1v) is 16.7. The zero-order chi connectivity index (χ0) is 34.4. The highest BCUT2D eigenvalue weighted by Gasteiger charge is 2.34. The largest absolute Gasteiger partial charge is 0.494 e. The monoisotopic (exact) mass is 716 g/mol. The third-order valence-corrected chi connectivity index (χ3v) is 8.31. The van der Waals surface area contributed by atoms with Gasteiger partial charge in [-0.3, -0.25) is 9.69 Å². The van der Waals surface area contributed by atoms with E-state index >= 15 is 0 Å². The van der Waals surface area contributed by atoms with Crippen LogP contribution in [-0.2, 0) is 28.7 Å². The Hall–Kier alpha value is -3.56. The molecule has 0 spiro atoms. The van der Waals surface area contributed by atoms with Gasteiger partial charge in [0.25, 0.3) is 0 Å². The summed E-state index contributed by atoms with van der Waals surface area (Å²) >= 11 is 6.35. The fourth-order valence-electron chi connectivity index (χ4n) is 5.52. The molecule has 0 heterocycles. The highest BCUT2D eigenvalue weighted by molar-refractivity contribution is 6.32. The number of carbonyl (C=O) groups is 1. The predicted octanol–water partition coefficient (Wildman–Crippen LogP) is 9.36. The lowest BCUT2D eigenvalue weighted by Gasteiger charge is -2.29. The maximum atomic E-state index is 13.7. The molecule has 1 amide bonds. The van der Waals surface area contributed by atoms with Crippen molar-refractivity contribution >= 4 is 29.9 Å². The number of nitrogens with zero attached hydrogens (tertiary/aromatic N) is 1. The Morgan fingerprint density at radius 3 is 2.14 bits per heavy atom. The second kappa shape index (κ2) is 20.2. The minimum absolute atomic E-state index is 0. The Bertz CT molecular complexity index is 1520. The minimum atomic E-state index is -4.54. The van der Waals surface area contributed by atoms with Crippen molar-refractivity contribution in [2.45, 2.75) is 57.9 Å². The molecule has 0 saturated heterocycles. The van der Waals surface area contributed by atoms with Gasteiger partial charge in [0.2, 0.25) is 5.91 Å². The lowest BCUT2D eigenvalue weighted by molar-refractivity contribution is -0.137. The van der Waals surface area contributed by atoms with Crippen LogP contribution < -0.4 is 10.1 Å². The van der Waals surface area contributed by atoms with Crippen molar-refractivity contribution in [3.05, 3.63) is 136 Å². The summed E-state index contributed by atoms with van der Waals surface area (Å²) in [6.07, 6.45) is -2.76. The molecule has 0 aliphatic rings. The molecule has 1 N–H and O–H groups in total. The normalized spacial score (nSPS) is 11.5. The van der Waals surface area contributed by atoms with Crippen LogP contribution in [0.3, 0.4) is 0 Å². The second-order valence-electron chi connectivity index (χ2n) is 12.0. The summed E-state index contributed by atoms with van der Waals surface area (Å²) in [7, 11) is 0. The molecular weight excluding hydrogens is 672 g/mol. The van der Waals surface area contributed by atoms with E-state index in [9.17, 15) is 18.0 Å². The average Bonchev–Trinajstić information content (AvgIpc) is 3.06. The van der Waals surface area contributed by atoms with Gasteiger partial charge < -0.3 is 14.8 Å². The standard InChI is InChI=1S/C39H44ClF3N2O3.ClH/c1-29(2)47-23-11-21-44-37(46)26-30-13-9-19-34(25-30)48-24-12-22-45(27-33-18-10-20-36(38(33)40)39(41,42)43)28-35(31-14-5-3-6-15-31)32-16-7-4-8-17-32;/h3-10,13-20,25,29,35H,11-12,21-24,26-28H2,1-2H3,(H,44,46);1H. The molecule has 49 heavy (non-hydrogen) atoms. The van der Waals surface area contributed by atoms with Gasteiger partial charge in [-0.2, -0.15) is 13.2 Å². The van der Waals surface area contributed by atoms with E-state index in [0.717, 1.165) is 29.2 Å². The number of ether oxygens (including phenoxy) is 2. The Balaban J connectivity index is 0.00000650. The van der Waals surface area contributed by atoms with Crippen LogP contribution in [0, 0.1) is 0 Å². The number of alkyl halides is 3. The van der Waals surface area contributed by atoms with Gasteiger partial charge in [-0.25, -0.2) is 0 Å². The van der Waals surface area contributed by atoms with Crippen molar-refractivity contribution in [3.8, 4) is 5.75 Å². The third-order valence-electron chi connectivity index (χ3n) is 7.87. The van der Waals surface area contributed by atoms with E-state index in [2.05, 4.69) is 34.5 Å². The summed E-state index contributed by atoms with van der Waals surface area (Å²) in [6.45, 7) is 6.87. The van der Waals surface area contributed by atoms with E-state index in [1.165, 1.54) is 6.07 Å². The van der Waals surface area contributed by atoms with Gasteiger partial charge >= 0.3 is 6.18 Å². The first-order valence-electron chi connectivity index (χ1n) is 16.4. The SMILES string of the molecule is CC(C)OCCCNC(=O)Cc1cccc(OCCCN(Cc2cccc(C(F)(F)F)c2Cl)CC(c2ccccc2)c2ccccc2)c1.Cl. The molecule has 4 rings (SSSR count). The zero-order valence-corrected chi connectivity index (χ0v) is 29.5. The van der Waals surface area contributed by atoms with Crippen LogP contribution in [0.4, 0.5) is 13.2 Å². The van der Waals surface area contributed by atoms with Crippen molar-refractivity contribution in [2.75, 3.05) is 32.8 Å². The molecule has 4 aromatic carbocycles. The van der Waals surface area contributed by atoms with E-state index in [4.69, 9.17) is 21.1 Å². The molecule has 4 aromatic rings. The van der Waals surface area contributed by atoms with Crippen LogP contribution >= 0.6 is 24.0 Å². The Kier molecular flexibility index (Phi) is 16.4. The predicted molar refractivity (Wildman–Crippen MR) is 193 cm³/mol. The van der Waals surface area contributed by atoms with Crippen LogP contribution in [0.15, 0.2) is 103 Å². The number of rotatable bonds is 18. The molecule has 10 heteroatoms. The van der Waals surface area contributed by atoms with Gasteiger partial charge in [-0.15, -0.1) is 12.4 Å².